The Labute approximate surface area is 86.2 Å². The molecule has 0 spiro atoms. The zero-order valence-corrected chi connectivity index (χ0v) is 9.57. The van der Waals surface area contributed by atoms with Crippen molar-refractivity contribution >= 4 is 0 Å². The maximum absolute atomic E-state index is 3.60. The van der Waals surface area contributed by atoms with Crippen LogP contribution in [0, 0.1) is 0 Å². The van der Waals surface area contributed by atoms with Crippen LogP contribution in [0.5, 0.6) is 0 Å². The van der Waals surface area contributed by atoms with Crippen molar-refractivity contribution in [2.24, 2.45) is 0 Å². The summed E-state index contributed by atoms with van der Waals surface area (Å²) in [5.74, 6) is 0. The van der Waals surface area contributed by atoms with Crippen LogP contribution in [-0.4, -0.2) is 36.5 Å². The van der Waals surface area contributed by atoms with E-state index in [4.69, 9.17) is 0 Å². The lowest BCUT2D eigenvalue weighted by Gasteiger charge is -2.50. The molecule has 0 aromatic carbocycles. The van der Waals surface area contributed by atoms with Crippen LogP contribution in [0.3, 0.4) is 0 Å². The molecule has 0 bridgehead atoms. The summed E-state index contributed by atoms with van der Waals surface area (Å²) in [5, 5.41) is 14.3. The Morgan fingerprint density at radius 3 is 1.50 bits per heavy atom. The van der Waals surface area contributed by atoms with Crippen LogP contribution in [0.25, 0.3) is 0 Å². The molecule has 4 heteroatoms. The summed E-state index contributed by atoms with van der Waals surface area (Å²) in [5.41, 5.74) is 0.356. The molecule has 2 fully saturated rings. The molecule has 2 aliphatic heterocycles. The molecule has 2 atom stereocenters. The van der Waals surface area contributed by atoms with Crippen molar-refractivity contribution in [3.05, 3.63) is 0 Å². The van der Waals surface area contributed by atoms with E-state index in [2.05, 4.69) is 49.0 Å². The first-order valence-electron chi connectivity index (χ1n) is 5.40. The lowest BCUT2D eigenvalue weighted by molar-refractivity contribution is 0.0955. The Morgan fingerprint density at radius 2 is 1.14 bits per heavy atom. The van der Waals surface area contributed by atoms with Gasteiger partial charge in [-0.1, -0.05) is 0 Å². The Bertz CT molecular complexity index is 200. The Morgan fingerprint density at radius 1 is 0.786 bits per heavy atom. The third kappa shape index (κ3) is 2.08. The number of nitrogens with one attached hydrogen (secondary N) is 4. The molecule has 0 saturated carbocycles. The van der Waals surface area contributed by atoms with Crippen LogP contribution in [0.4, 0.5) is 0 Å². The van der Waals surface area contributed by atoms with Crippen LogP contribution in [0.15, 0.2) is 0 Å². The van der Waals surface area contributed by atoms with Crippen molar-refractivity contribution < 1.29 is 0 Å². The van der Waals surface area contributed by atoms with E-state index in [0.29, 0.717) is 12.3 Å². The zero-order valence-electron chi connectivity index (χ0n) is 9.57. The highest BCUT2D eigenvalue weighted by molar-refractivity contribution is 5.01. The van der Waals surface area contributed by atoms with Crippen molar-refractivity contribution in [3.63, 3.8) is 0 Å². The second-order valence-electron chi connectivity index (χ2n) is 5.77. The van der Waals surface area contributed by atoms with E-state index in [9.17, 15) is 0 Å². The molecular weight excluding hydrogens is 176 g/mol. The maximum atomic E-state index is 3.60. The predicted molar refractivity (Wildman–Crippen MR) is 58.0 cm³/mol. The van der Waals surface area contributed by atoms with E-state index in [0.717, 1.165) is 13.1 Å². The van der Waals surface area contributed by atoms with Gasteiger partial charge in [-0.15, -0.1) is 0 Å². The molecule has 4 nitrogen and oxygen atoms in total. The highest BCUT2D eigenvalue weighted by atomic mass is 15.4. The van der Waals surface area contributed by atoms with Crippen molar-refractivity contribution in [3.8, 4) is 0 Å². The van der Waals surface area contributed by atoms with Gasteiger partial charge in [0, 0.05) is 24.2 Å². The molecule has 2 rings (SSSR count). The van der Waals surface area contributed by atoms with E-state index >= 15 is 0 Å². The topological polar surface area (TPSA) is 48.1 Å². The first-order chi connectivity index (χ1) is 6.38. The van der Waals surface area contributed by atoms with Gasteiger partial charge in [0.2, 0.25) is 0 Å². The van der Waals surface area contributed by atoms with Crippen LogP contribution >= 0.6 is 0 Å². The van der Waals surface area contributed by atoms with Crippen LogP contribution < -0.4 is 21.3 Å². The molecule has 2 unspecified atom stereocenters. The average molecular weight is 198 g/mol. The molecule has 2 aliphatic rings. The van der Waals surface area contributed by atoms with E-state index in [1.807, 2.05) is 0 Å². The third-order valence-corrected chi connectivity index (χ3v) is 2.95. The molecule has 0 aliphatic carbocycles. The van der Waals surface area contributed by atoms with Crippen LogP contribution in [0.2, 0.25) is 0 Å². The lowest BCUT2D eigenvalue weighted by Crippen LogP contribution is -2.79. The number of fused-ring (bicyclic) bond motifs is 1. The van der Waals surface area contributed by atoms with Gasteiger partial charge in [0.05, 0.1) is 12.3 Å². The van der Waals surface area contributed by atoms with Gasteiger partial charge < -0.3 is 0 Å². The minimum absolute atomic E-state index is 0.178. The predicted octanol–water partition coefficient (Wildman–Crippen LogP) is -0.419. The molecular formula is C10H22N4. The molecule has 0 aromatic heterocycles. The van der Waals surface area contributed by atoms with Gasteiger partial charge >= 0.3 is 0 Å². The Kier molecular flexibility index (Phi) is 2.34. The lowest BCUT2D eigenvalue weighted by atomic mass is 9.96. The fourth-order valence-corrected chi connectivity index (χ4v) is 2.18. The normalized spacial score (nSPS) is 40.3. The third-order valence-electron chi connectivity index (χ3n) is 2.95. The minimum atomic E-state index is 0.178. The second-order valence-corrected chi connectivity index (χ2v) is 5.77. The van der Waals surface area contributed by atoms with Crippen LogP contribution in [0.1, 0.15) is 27.7 Å². The summed E-state index contributed by atoms with van der Waals surface area (Å²) in [4.78, 5) is 0. The summed E-state index contributed by atoms with van der Waals surface area (Å²) in [7, 11) is 0. The van der Waals surface area contributed by atoms with E-state index in [1.165, 1.54) is 0 Å². The summed E-state index contributed by atoms with van der Waals surface area (Å²) in [6, 6.07) is 0. The summed E-state index contributed by atoms with van der Waals surface area (Å²) < 4.78 is 0. The molecule has 2 heterocycles. The quantitative estimate of drug-likeness (QED) is 0.427. The Hall–Kier alpha value is -0.160. The van der Waals surface area contributed by atoms with E-state index in [1.54, 1.807) is 0 Å². The summed E-state index contributed by atoms with van der Waals surface area (Å²) in [6.45, 7) is 10.9. The first kappa shape index (κ1) is 10.4. The molecule has 0 aromatic rings. The van der Waals surface area contributed by atoms with Crippen LogP contribution in [-0.2, 0) is 0 Å². The minimum Gasteiger partial charge on any atom is -0.298 e. The fraction of sp³-hybridized carbons (Fsp3) is 1.00. The van der Waals surface area contributed by atoms with Gasteiger partial charge in [-0.25, -0.2) is 0 Å². The van der Waals surface area contributed by atoms with Gasteiger partial charge in [-0.3, -0.25) is 21.3 Å². The zero-order chi connectivity index (χ0) is 10.4. The Balaban J connectivity index is 2.01. The highest BCUT2D eigenvalue weighted by Crippen LogP contribution is 2.15. The van der Waals surface area contributed by atoms with Gasteiger partial charge in [0.15, 0.2) is 0 Å². The van der Waals surface area contributed by atoms with Crippen molar-refractivity contribution in [2.75, 3.05) is 13.1 Å². The largest absolute Gasteiger partial charge is 0.298 e. The molecule has 0 amide bonds. The molecule has 2 saturated heterocycles. The standard InChI is InChI=1S/C10H22N4/c1-9(2)5-11-8-7(13-9)12-6-10(3,4)14-8/h7-8,11-14H,5-6H2,1-4H3. The molecule has 0 radical (unpaired) electrons. The number of hydrogen-bond donors (Lipinski definition) is 4. The van der Waals surface area contributed by atoms with Gasteiger partial charge in [0.1, 0.15) is 0 Å². The van der Waals surface area contributed by atoms with Crippen molar-refractivity contribution in [1.29, 1.82) is 0 Å². The maximum Gasteiger partial charge on any atom is 0.0871 e. The molecule has 82 valence electrons. The van der Waals surface area contributed by atoms with Crippen molar-refractivity contribution in [1.82, 2.24) is 21.3 Å². The average Bonchev–Trinajstić information content (AvgIpc) is 2.04. The smallest absolute Gasteiger partial charge is 0.0871 e. The second kappa shape index (κ2) is 3.17. The molecule has 14 heavy (non-hydrogen) atoms. The van der Waals surface area contributed by atoms with Crippen molar-refractivity contribution in [2.45, 2.75) is 51.1 Å². The summed E-state index contributed by atoms with van der Waals surface area (Å²) in [6.07, 6.45) is 0.679. The number of piperazine rings is 2. The fourth-order valence-electron chi connectivity index (χ4n) is 2.18. The summed E-state index contributed by atoms with van der Waals surface area (Å²) >= 11 is 0. The highest BCUT2D eigenvalue weighted by Gasteiger charge is 2.39. The van der Waals surface area contributed by atoms with Gasteiger partial charge in [-0.2, -0.15) is 0 Å². The van der Waals surface area contributed by atoms with E-state index < -0.39 is 0 Å². The monoisotopic (exact) mass is 198 g/mol. The van der Waals surface area contributed by atoms with Gasteiger partial charge in [-0.05, 0) is 27.7 Å². The SMILES string of the molecule is CC1(C)CNC2NC(C)(C)CNC2N1. The number of rotatable bonds is 0. The number of hydrogen-bond acceptors (Lipinski definition) is 4. The van der Waals surface area contributed by atoms with Gasteiger partial charge in [0.25, 0.3) is 0 Å². The molecule has 4 N–H and O–H groups in total. The first-order valence-corrected chi connectivity index (χ1v) is 5.40. The van der Waals surface area contributed by atoms with E-state index in [-0.39, 0.29) is 11.1 Å².